The van der Waals surface area contributed by atoms with Crippen LogP contribution >= 0.6 is 11.8 Å². The first-order valence-corrected chi connectivity index (χ1v) is 4.46. The number of hydrogen-bond donors (Lipinski definition) is 0. The number of rotatable bonds is 2. The fraction of sp³-hybridized carbons (Fsp3) is 0.250. The van der Waals surface area contributed by atoms with Gasteiger partial charge in [-0.05, 0) is 24.8 Å². The second kappa shape index (κ2) is 3.53. The third-order valence-corrected chi connectivity index (χ3v) is 2.06. The molecule has 0 saturated heterocycles. The van der Waals surface area contributed by atoms with Crippen molar-refractivity contribution in [2.45, 2.75) is 11.9 Å². The Kier molecular flexibility index (Phi) is 2.65. The van der Waals surface area contributed by atoms with Gasteiger partial charge in [0.15, 0.2) is 6.29 Å². The molecule has 0 saturated carbocycles. The van der Waals surface area contributed by atoms with E-state index in [1.807, 2.05) is 19.2 Å². The zero-order chi connectivity index (χ0) is 8.27. The summed E-state index contributed by atoms with van der Waals surface area (Å²) < 4.78 is 0. The Morgan fingerprint density at radius 3 is 2.91 bits per heavy atom. The molecule has 0 aliphatic rings. The Morgan fingerprint density at radius 1 is 1.64 bits per heavy atom. The van der Waals surface area contributed by atoms with Gasteiger partial charge in [0.25, 0.3) is 0 Å². The maximum Gasteiger partial charge on any atom is 0.152 e. The van der Waals surface area contributed by atoms with E-state index in [0.29, 0.717) is 5.56 Å². The molecule has 0 radical (unpaired) electrons. The van der Waals surface area contributed by atoms with Gasteiger partial charge in [0.1, 0.15) is 5.03 Å². The predicted octanol–water partition coefficient (Wildman–Crippen LogP) is 1.92. The summed E-state index contributed by atoms with van der Waals surface area (Å²) in [5, 5.41) is 0.797. The van der Waals surface area contributed by atoms with Gasteiger partial charge in [-0.3, -0.25) is 4.79 Å². The first kappa shape index (κ1) is 8.27. The molecule has 2 nitrogen and oxygen atoms in total. The van der Waals surface area contributed by atoms with Crippen molar-refractivity contribution in [3.8, 4) is 0 Å². The first-order valence-electron chi connectivity index (χ1n) is 3.23. The predicted molar refractivity (Wildman–Crippen MR) is 46.1 cm³/mol. The van der Waals surface area contributed by atoms with Crippen LogP contribution in [-0.4, -0.2) is 17.5 Å². The molecule has 0 unspecified atom stereocenters. The van der Waals surface area contributed by atoms with Crippen molar-refractivity contribution >= 4 is 18.0 Å². The molecule has 1 rings (SSSR count). The lowest BCUT2D eigenvalue weighted by Crippen LogP contribution is -1.89. The van der Waals surface area contributed by atoms with Crippen molar-refractivity contribution in [3.05, 3.63) is 23.4 Å². The number of pyridine rings is 1. The summed E-state index contributed by atoms with van der Waals surface area (Å²) in [4.78, 5) is 14.6. The van der Waals surface area contributed by atoms with Gasteiger partial charge in [0.05, 0.1) is 0 Å². The smallest absolute Gasteiger partial charge is 0.152 e. The van der Waals surface area contributed by atoms with E-state index in [1.54, 1.807) is 6.20 Å². The quantitative estimate of drug-likeness (QED) is 0.498. The van der Waals surface area contributed by atoms with Crippen LogP contribution in [0.3, 0.4) is 0 Å². The van der Waals surface area contributed by atoms with Gasteiger partial charge in [0.2, 0.25) is 0 Å². The minimum Gasteiger partial charge on any atom is -0.298 e. The summed E-state index contributed by atoms with van der Waals surface area (Å²) in [5.41, 5.74) is 1.70. The molecule has 0 bridgehead atoms. The summed E-state index contributed by atoms with van der Waals surface area (Å²) in [7, 11) is 0. The Labute approximate surface area is 70.0 Å². The fourth-order valence-corrected chi connectivity index (χ4v) is 1.34. The molecule has 0 aliphatic heterocycles. The van der Waals surface area contributed by atoms with Gasteiger partial charge in [-0.2, -0.15) is 0 Å². The van der Waals surface area contributed by atoms with Crippen molar-refractivity contribution < 1.29 is 4.79 Å². The molecule has 11 heavy (non-hydrogen) atoms. The molecule has 0 spiro atoms. The summed E-state index contributed by atoms with van der Waals surface area (Å²) in [6.45, 7) is 1.92. The van der Waals surface area contributed by atoms with Gasteiger partial charge in [-0.1, -0.05) is 0 Å². The fourth-order valence-electron chi connectivity index (χ4n) is 0.834. The Bertz CT molecular complexity index is 273. The van der Waals surface area contributed by atoms with Gasteiger partial charge in [-0.15, -0.1) is 11.8 Å². The van der Waals surface area contributed by atoms with Crippen LogP contribution in [0.2, 0.25) is 0 Å². The van der Waals surface area contributed by atoms with E-state index in [9.17, 15) is 4.79 Å². The molecule has 0 fully saturated rings. The van der Waals surface area contributed by atoms with Crippen LogP contribution in [0.25, 0.3) is 0 Å². The van der Waals surface area contributed by atoms with Crippen molar-refractivity contribution in [1.82, 2.24) is 4.98 Å². The summed E-state index contributed by atoms with van der Waals surface area (Å²) in [6, 6.07) is 1.84. The normalized spacial score (nSPS) is 9.64. The molecule has 0 aromatic carbocycles. The molecule has 1 aromatic heterocycles. The largest absolute Gasteiger partial charge is 0.298 e. The average Bonchev–Trinajstić information content (AvgIpc) is 2.04. The first-order chi connectivity index (χ1) is 5.27. The van der Waals surface area contributed by atoms with Crippen molar-refractivity contribution in [2.24, 2.45) is 0 Å². The monoisotopic (exact) mass is 167 g/mol. The molecule has 58 valence electrons. The number of carbonyl (C=O) groups is 1. The summed E-state index contributed by atoms with van der Waals surface area (Å²) >= 11 is 1.49. The van der Waals surface area contributed by atoms with Crippen LogP contribution in [0.15, 0.2) is 17.3 Å². The summed E-state index contributed by atoms with van der Waals surface area (Å²) in [5.74, 6) is 0. The van der Waals surface area contributed by atoms with Crippen LogP contribution < -0.4 is 0 Å². The summed E-state index contributed by atoms with van der Waals surface area (Å²) in [6.07, 6.45) is 4.51. The lowest BCUT2D eigenvalue weighted by molar-refractivity contribution is 0.112. The SMILES string of the molecule is CSc1ncc(C)cc1C=O. The lowest BCUT2D eigenvalue weighted by atomic mass is 10.2. The van der Waals surface area contributed by atoms with Crippen LogP contribution in [0.5, 0.6) is 0 Å². The minimum atomic E-state index is 0.678. The van der Waals surface area contributed by atoms with Crippen LogP contribution in [-0.2, 0) is 0 Å². The Balaban J connectivity index is 3.16. The van der Waals surface area contributed by atoms with Gasteiger partial charge >= 0.3 is 0 Å². The van der Waals surface area contributed by atoms with E-state index in [0.717, 1.165) is 16.9 Å². The second-order valence-corrected chi connectivity index (χ2v) is 3.02. The highest BCUT2D eigenvalue weighted by atomic mass is 32.2. The molecule has 3 heteroatoms. The Hall–Kier alpha value is -0.830. The highest BCUT2D eigenvalue weighted by Crippen LogP contribution is 2.16. The zero-order valence-corrected chi connectivity index (χ0v) is 7.31. The molecule has 0 atom stereocenters. The van der Waals surface area contributed by atoms with E-state index in [4.69, 9.17) is 0 Å². The molecular weight excluding hydrogens is 158 g/mol. The standard InChI is InChI=1S/C8H9NOS/c1-6-3-7(5-10)8(11-2)9-4-6/h3-5H,1-2H3. The maximum absolute atomic E-state index is 10.5. The van der Waals surface area contributed by atoms with Crippen LogP contribution in [0.1, 0.15) is 15.9 Å². The number of aromatic nitrogens is 1. The van der Waals surface area contributed by atoms with E-state index in [1.165, 1.54) is 11.8 Å². The molecule has 0 N–H and O–H groups in total. The minimum absolute atomic E-state index is 0.678. The molecule has 0 aliphatic carbocycles. The maximum atomic E-state index is 10.5. The van der Waals surface area contributed by atoms with Gasteiger partial charge in [0, 0.05) is 11.8 Å². The van der Waals surface area contributed by atoms with Crippen LogP contribution in [0.4, 0.5) is 0 Å². The average molecular weight is 167 g/mol. The zero-order valence-electron chi connectivity index (χ0n) is 6.50. The highest BCUT2D eigenvalue weighted by molar-refractivity contribution is 7.98. The molecule has 0 amide bonds. The highest BCUT2D eigenvalue weighted by Gasteiger charge is 2.00. The Morgan fingerprint density at radius 2 is 2.36 bits per heavy atom. The second-order valence-electron chi connectivity index (χ2n) is 2.23. The third-order valence-electron chi connectivity index (χ3n) is 1.34. The molecule has 1 heterocycles. The van der Waals surface area contributed by atoms with E-state index >= 15 is 0 Å². The number of hydrogen-bond acceptors (Lipinski definition) is 3. The number of nitrogens with zero attached hydrogens (tertiary/aromatic N) is 1. The lowest BCUT2D eigenvalue weighted by Gasteiger charge is -1.99. The number of aldehydes is 1. The van der Waals surface area contributed by atoms with Crippen molar-refractivity contribution in [3.63, 3.8) is 0 Å². The van der Waals surface area contributed by atoms with Crippen molar-refractivity contribution in [2.75, 3.05) is 6.26 Å². The number of carbonyl (C=O) groups excluding carboxylic acids is 1. The van der Waals surface area contributed by atoms with Crippen molar-refractivity contribution in [1.29, 1.82) is 0 Å². The topological polar surface area (TPSA) is 30.0 Å². The van der Waals surface area contributed by atoms with E-state index in [2.05, 4.69) is 4.98 Å². The van der Waals surface area contributed by atoms with E-state index in [-0.39, 0.29) is 0 Å². The van der Waals surface area contributed by atoms with Gasteiger partial charge < -0.3 is 0 Å². The number of thioether (sulfide) groups is 1. The number of aryl methyl sites for hydroxylation is 1. The van der Waals surface area contributed by atoms with Gasteiger partial charge in [-0.25, -0.2) is 4.98 Å². The molecular formula is C8H9NOS. The third kappa shape index (κ3) is 1.80. The van der Waals surface area contributed by atoms with E-state index < -0.39 is 0 Å². The molecule has 1 aromatic rings. The van der Waals surface area contributed by atoms with Crippen LogP contribution in [0, 0.1) is 6.92 Å².